The molecule has 100 valence electrons. The van der Waals surface area contributed by atoms with Crippen molar-refractivity contribution in [1.29, 1.82) is 0 Å². The minimum atomic E-state index is -2.70. The molecule has 0 aromatic carbocycles. The smallest absolute Gasteiger partial charge is 0.311 e. The molecule has 0 aliphatic carbocycles. The van der Waals surface area contributed by atoms with E-state index in [4.69, 9.17) is 10.5 Å². The highest BCUT2D eigenvalue weighted by Gasteiger charge is 2.19. The average molecular weight is 323 g/mol. The molecule has 0 atom stereocenters. The molecule has 1 heterocycles. The Bertz CT molecular complexity index is 441. The number of aromatic nitrogens is 1. The van der Waals surface area contributed by atoms with E-state index in [2.05, 4.69) is 20.9 Å². The summed E-state index contributed by atoms with van der Waals surface area (Å²) in [7, 11) is 0. The summed E-state index contributed by atoms with van der Waals surface area (Å²) in [6, 6.07) is 1.24. The third-order valence-corrected chi connectivity index (χ3v) is 2.89. The van der Waals surface area contributed by atoms with Gasteiger partial charge in [-0.15, -0.1) is 0 Å². The summed E-state index contributed by atoms with van der Waals surface area (Å²) in [6.45, 7) is 1.94. The quantitative estimate of drug-likeness (QED) is 0.845. The summed E-state index contributed by atoms with van der Waals surface area (Å²) in [4.78, 5) is 15.3. The Balaban J connectivity index is 3.10. The maximum absolute atomic E-state index is 12.8. The molecule has 0 fully saturated rings. The molecular weight excluding hydrogens is 310 g/mol. The van der Waals surface area contributed by atoms with Gasteiger partial charge in [0.1, 0.15) is 0 Å². The molecule has 0 aliphatic rings. The van der Waals surface area contributed by atoms with E-state index in [9.17, 15) is 13.6 Å². The fourth-order valence-corrected chi connectivity index (χ4v) is 1.90. The summed E-state index contributed by atoms with van der Waals surface area (Å²) in [5.41, 5.74) is 5.59. The molecule has 1 aromatic rings. The van der Waals surface area contributed by atoms with E-state index < -0.39 is 12.4 Å². The number of esters is 1. The van der Waals surface area contributed by atoms with Crippen LogP contribution < -0.4 is 5.73 Å². The molecule has 7 heteroatoms. The minimum absolute atomic E-state index is 0.00657. The summed E-state index contributed by atoms with van der Waals surface area (Å²) in [6.07, 6.45) is -2.99. The molecule has 2 N–H and O–H groups in total. The van der Waals surface area contributed by atoms with Crippen molar-refractivity contribution >= 4 is 21.9 Å². The zero-order chi connectivity index (χ0) is 13.7. The van der Waals surface area contributed by atoms with Crippen molar-refractivity contribution in [3.8, 4) is 0 Å². The maximum atomic E-state index is 12.8. The first-order valence-electron chi connectivity index (χ1n) is 5.31. The fraction of sp³-hybridized carbons (Fsp3) is 0.455. The monoisotopic (exact) mass is 322 g/mol. The van der Waals surface area contributed by atoms with Gasteiger partial charge in [-0.05, 0) is 28.9 Å². The zero-order valence-electron chi connectivity index (χ0n) is 9.75. The van der Waals surface area contributed by atoms with Gasteiger partial charge in [-0.25, -0.2) is 8.78 Å². The van der Waals surface area contributed by atoms with E-state index in [1.54, 1.807) is 6.92 Å². The zero-order valence-corrected chi connectivity index (χ0v) is 11.3. The number of rotatable bonds is 5. The van der Waals surface area contributed by atoms with Gasteiger partial charge in [-0.2, -0.15) is 0 Å². The van der Waals surface area contributed by atoms with Gasteiger partial charge in [0, 0.05) is 16.6 Å². The van der Waals surface area contributed by atoms with Crippen LogP contribution in [0.2, 0.25) is 0 Å². The molecular formula is C11H13BrF2N2O2. The van der Waals surface area contributed by atoms with Gasteiger partial charge in [0.05, 0.1) is 24.4 Å². The summed E-state index contributed by atoms with van der Waals surface area (Å²) in [5.74, 6) is -0.586. The largest absolute Gasteiger partial charge is 0.466 e. The lowest BCUT2D eigenvalue weighted by atomic mass is 10.1. The van der Waals surface area contributed by atoms with Crippen molar-refractivity contribution in [2.75, 3.05) is 6.61 Å². The summed E-state index contributed by atoms with van der Waals surface area (Å²) < 4.78 is 30.8. The van der Waals surface area contributed by atoms with E-state index in [-0.39, 0.29) is 30.8 Å². The number of halogens is 3. The second kappa shape index (κ2) is 6.75. The number of nitrogens with zero attached hydrogens (tertiary/aromatic N) is 1. The highest BCUT2D eigenvalue weighted by atomic mass is 79.9. The predicted molar refractivity (Wildman–Crippen MR) is 65.1 cm³/mol. The van der Waals surface area contributed by atoms with Crippen LogP contribution in [0.3, 0.4) is 0 Å². The second-order valence-electron chi connectivity index (χ2n) is 3.44. The molecule has 18 heavy (non-hydrogen) atoms. The number of ether oxygens (including phenoxy) is 1. The SMILES string of the molecule is CCOC(=O)Cc1nc(CN)c(Br)cc1C(F)F. The number of carbonyl (C=O) groups excluding carboxylic acids is 1. The Kier molecular flexibility index (Phi) is 5.61. The van der Waals surface area contributed by atoms with Gasteiger partial charge in [-0.3, -0.25) is 9.78 Å². The molecule has 0 spiro atoms. The Hall–Kier alpha value is -1.08. The Morgan fingerprint density at radius 1 is 1.56 bits per heavy atom. The van der Waals surface area contributed by atoms with Crippen LogP contribution in [-0.4, -0.2) is 17.6 Å². The lowest BCUT2D eigenvalue weighted by molar-refractivity contribution is -0.142. The van der Waals surface area contributed by atoms with E-state index in [1.807, 2.05) is 0 Å². The van der Waals surface area contributed by atoms with E-state index >= 15 is 0 Å². The van der Waals surface area contributed by atoms with Gasteiger partial charge in [0.2, 0.25) is 0 Å². The van der Waals surface area contributed by atoms with Crippen molar-refractivity contribution in [1.82, 2.24) is 4.98 Å². The van der Waals surface area contributed by atoms with Crippen LogP contribution in [0.1, 0.15) is 30.3 Å². The molecule has 0 amide bonds. The molecule has 0 bridgehead atoms. The summed E-state index contributed by atoms with van der Waals surface area (Å²) >= 11 is 3.11. The number of carbonyl (C=O) groups is 1. The lowest BCUT2D eigenvalue weighted by Gasteiger charge is -2.11. The Labute approximate surface area is 112 Å². The standard InChI is InChI=1S/C11H13BrF2N2O2/c1-2-18-10(17)4-8-6(11(13)14)3-7(12)9(5-15)16-8/h3,11H,2,4-5,15H2,1H3. The van der Waals surface area contributed by atoms with Crippen LogP contribution in [0.25, 0.3) is 0 Å². The summed E-state index contributed by atoms with van der Waals surface area (Å²) in [5, 5.41) is 0. The molecule has 1 aromatic heterocycles. The first-order valence-corrected chi connectivity index (χ1v) is 6.10. The van der Waals surface area contributed by atoms with Gasteiger partial charge in [0.15, 0.2) is 0 Å². The topological polar surface area (TPSA) is 65.2 Å². The third-order valence-electron chi connectivity index (χ3n) is 2.21. The van der Waals surface area contributed by atoms with Gasteiger partial charge >= 0.3 is 5.97 Å². The van der Waals surface area contributed by atoms with Gasteiger partial charge in [0.25, 0.3) is 6.43 Å². The predicted octanol–water partition coefficient (Wildman–Crippen LogP) is 2.35. The molecule has 0 unspecified atom stereocenters. The van der Waals surface area contributed by atoms with Crippen LogP contribution >= 0.6 is 15.9 Å². The van der Waals surface area contributed by atoms with Gasteiger partial charge in [-0.1, -0.05) is 0 Å². The molecule has 4 nitrogen and oxygen atoms in total. The first kappa shape index (κ1) is 15.0. The first-order chi connectivity index (χ1) is 8.49. The number of alkyl halides is 2. The van der Waals surface area contributed by atoms with Crippen LogP contribution in [0.5, 0.6) is 0 Å². The van der Waals surface area contributed by atoms with Crippen molar-refractivity contribution < 1.29 is 18.3 Å². The van der Waals surface area contributed by atoms with Crippen molar-refractivity contribution in [2.45, 2.75) is 26.3 Å². The molecule has 0 radical (unpaired) electrons. The van der Waals surface area contributed by atoms with Gasteiger partial charge < -0.3 is 10.5 Å². The number of hydrogen-bond acceptors (Lipinski definition) is 4. The molecule has 0 aliphatic heterocycles. The van der Waals surface area contributed by atoms with Crippen molar-refractivity contribution in [3.05, 3.63) is 27.5 Å². The fourth-order valence-electron chi connectivity index (χ4n) is 1.41. The van der Waals surface area contributed by atoms with Crippen LogP contribution in [0.15, 0.2) is 10.5 Å². The normalized spacial score (nSPS) is 10.8. The second-order valence-corrected chi connectivity index (χ2v) is 4.29. The molecule has 0 saturated carbocycles. The Morgan fingerprint density at radius 3 is 2.72 bits per heavy atom. The minimum Gasteiger partial charge on any atom is -0.466 e. The average Bonchev–Trinajstić information content (AvgIpc) is 2.30. The lowest BCUT2D eigenvalue weighted by Crippen LogP contribution is -2.13. The van der Waals surface area contributed by atoms with Crippen LogP contribution in [0, 0.1) is 0 Å². The highest BCUT2D eigenvalue weighted by molar-refractivity contribution is 9.10. The number of hydrogen-bond donors (Lipinski definition) is 1. The molecule has 0 saturated heterocycles. The van der Waals surface area contributed by atoms with E-state index in [0.717, 1.165) is 0 Å². The molecule has 1 rings (SSSR count). The van der Waals surface area contributed by atoms with E-state index in [0.29, 0.717) is 10.2 Å². The van der Waals surface area contributed by atoms with Crippen molar-refractivity contribution in [2.24, 2.45) is 5.73 Å². The van der Waals surface area contributed by atoms with Crippen LogP contribution in [-0.2, 0) is 22.5 Å². The van der Waals surface area contributed by atoms with Crippen LogP contribution in [0.4, 0.5) is 8.78 Å². The van der Waals surface area contributed by atoms with E-state index in [1.165, 1.54) is 6.07 Å². The Morgan fingerprint density at radius 2 is 2.22 bits per heavy atom. The highest BCUT2D eigenvalue weighted by Crippen LogP contribution is 2.27. The third kappa shape index (κ3) is 3.71. The number of pyridine rings is 1. The number of nitrogens with two attached hydrogens (primary N) is 1. The van der Waals surface area contributed by atoms with Crippen molar-refractivity contribution in [3.63, 3.8) is 0 Å². The maximum Gasteiger partial charge on any atom is 0.311 e.